The molecule has 1 aromatic rings. The van der Waals surface area contributed by atoms with Crippen LogP contribution < -0.4 is 5.32 Å². The molecule has 0 unspecified atom stereocenters. The number of nitrogens with one attached hydrogen (secondary N) is 1. The summed E-state index contributed by atoms with van der Waals surface area (Å²) in [5, 5.41) is 3.32. The van der Waals surface area contributed by atoms with Crippen molar-refractivity contribution in [1.82, 2.24) is 10.2 Å². The van der Waals surface area contributed by atoms with Crippen molar-refractivity contribution >= 4 is 0 Å². The molecule has 3 rings (SSSR count). The van der Waals surface area contributed by atoms with Crippen LogP contribution in [0.15, 0.2) is 12.1 Å². The molecule has 116 valence electrons. The number of rotatable bonds is 3. The topological polar surface area (TPSA) is 15.3 Å². The Kier molecular flexibility index (Phi) is 4.55. The van der Waals surface area contributed by atoms with E-state index in [0.717, 1.165) is 39.0 Å². The van der Waals surface area contributed by atoms with Gasteiger partial charge in [-0.2, -0.15) is 0 Å². The Hall–Kier alpha value is -1.00. The molecule has 0 radical (unpaired) electrons. The van der Waals surface area contributed by atoms with Crippen molar-refractivity contribution in [2.75, 3.05) is 26.2 Å². The first-order chi connectivity index (χ1) is 10.2. The van der Waals surface area contributed by atoms with Crippen LogP contribution >= 0.6 is 0 Å². The maximum Gasteiger partial charge on any atom is 0.133 e. The van der Waals surface area contributed by atoms with Gasteiger partial charge in [0.2, 0.25) is 0 Å². The predicted octanol–water partition coefficient (Wildman–Crippen LogP) is 3.41. The second-order valence-electron chi connectivity index (χ2n) is 6.37. The number of aryl methyl sites for hydroxylation is 1. The molecule has 4 heteroatoms. The molecule has 1 aromatic carbocycles. The lowest BCUT2D eigenvalue weighted by atomic mass is 9.88. The van der Waals surface area contributed by atoms with Crippen molar-refractivity contribution in [3.8, 4) is 0 Å². The van der Waals surface area contributed by atoms with Crippen LogP contribution in [0.1, 0.15) is 42.9 Å². The van der Waals surface area contributed by atoms with Crippen LogP contribution in [0.25, 0.3) is 0 Å². The molecule has 0 aromatic heterocycles. The van der Waals surface area contributed by atoms with Gasteiger partial charge < -0.3 is 5.32 Å². The van der Waals surface area contributed by atoms with Gasteiger partial charge >= 0.3 is 0 Å². The fourth-order valence-corrected chi connectivity index (χ4v) is 3.90. The van der Waals surface area contributed by atoms with Crippen molar-refractivity contribution in [1.29, 1.82) is 0 Å². The normalized spacial score (nSPS) is 22.6. The molecule has 21 heavy (non-hydrogen) atoms. The molecule has 1 saturated heterocycles. The highest BCUT2D eigenvalue weighted by Gasteiger charge is 2.35. The Morgan fingerprint density at radius 3 is 2.48 bits per heavy atom. The smallest absolute Gasteiger partial charge is 0.133 e. The highest BCUT2D eigenvalue weighted by atomic mass is 19.1. The standard InChI is InChI=1S/C17H24F2N2/c1-12-6-7-14(18)15(16(12)19)17(13-4-2-3-5-13)21-10-8-20-9-11-21/h6-7,13,17,20H,2-5,8-11H2,1H3/t17-/m1/s1. The third-order valence-electron chi connectivity index (χ3n) is 5.01. The molecule has 1 aliphatic carbocycles. The molecule has 1 N–H and O–H groups in total. The molecule has 2 fully saturated rings. The Balaban J connectivity index is 1.99. The summed E-state index contributed by atoms with van der Waals surface area (Å²) >= 11 is 0. The minimum absolute atomic E-state index is 0.102. The van der Waals surface area contributed by atoms with Crippen LogP contribution in [-0.4, -0.2) is 31.1 Å². The summed E-state index contributed by atoms with van der Waals surface area (Å²) in [7, 11) is 0. The largest absolute Gasteiger partial charge is 0.314 e. The van der Waals surface area contributed by atoms with E-state index in [2.05, 4.69) is 10.2 Å². The molecule has 1 atom stereocenters. The maximum atomic E-state index is 14.6. The lowest BCUT2D eigenvalue weighted by molar-refractivity contribution is 0.119. The minimum Gasteiger partial charge on any atom is -0.314 e. The second-order valence-corrected chi connectivity index (χ2v) is 6.37. The van der Waals surface area contributed by atoms with Gasteiger partial charge in [-0.1, -0.05) is 18.9 Å². The highest BCUT2D eigenvalue weighted by Crippen LogP contribution is 2.41. The molecule has 2 aliphatic rings. The summed E-state index contributed by atoms with van der Waals surface area (Å²) in [6.45, 7) is 5.26. The van der Waals surface area contributed by atoms with Gasteiger partial charge in [0, 0.05) is 37.8 Å². The Morgan fingerprint density at radius 2 is 1.81 bits per heavy atom. The quantitative estimate of drug-likeness (QED) is 0.919. The van der Waals surface area contributed by atoms with Gasteiger partial charge in [0.05, 0.1) is 0 Å². The van der Waals surface area contributed by atoms with E-state index in [0.29, 0.717) is 17.0 Å². The Morgan fingerprint density at radius 1 is 1.14 bits per heavy atom. The Bertz CT molecular complexity index is 492. The molecule has 0 amide bonds. The molecule has 1 aliphatic heterocycles. The van der Waals surface area contributed by atoms with E-state index in [4.69, 9.17) is 0 Å². The number of benzene rings is 1. The van der Waals surface area contributed by atoms with Crippen molar-refractivity contribution in [2.24, 2.45) is 5.92 Å². The minimum atomic E-state index is -0.381. The van der Waals surface area contributed by atoms with Gasteiger partial charge in [-0.05, 0) is 37.3 Å². The van der Waals surface area contributed by atoms with Crippen LogP contribution in [0.4, 0.5) is 8.78 Å². The summed E-state index contributed by atoms with van der Waals surface area (Å²) in [6.07, 6.45) is 4.54. The molecule has 1 saturated carbocycles. The molecule has 1 heterocycles. The summed E-state index contributed by atoms with van der Waals surface area (Å²) in [4.78, 5) is 2.29. The molecular weight excluding hydrogens is 270 g/mol. The van der Waals surface area contributed by atoms with Gasteiger partial charge in [-0.25, -0.2) is 8.78 Å². The first-order valence-corrected chi connectivity index (χ1v) is 8.07. The third-order valence-corrected chi connectivity index (χ3v) is 5.01. The van der Waals surface area contributed by atoms with Crippen molar-refractivity contribution in [3.05, 3.63) is 34.9 Å². The number of halogens is 2. The van der Waals surface area contributed by atoms with E-state index in [1.165, 1.54) is 25.0 Å². The van der Waals surface area contributed by atoms with Crippen LogP contribution in [-0.2, 0) is 0 Å². The van der Waals surface area contributed by atoms with Gasteiger partial charge in [0.1, 0.15) is 11.6 Å². The Labute approximate surface area is 125 Å². The maximum absolute atomic E-state index is 14.6. The third kappa shape index (κ3) is 2.97. The van der Waals surface area contributed by atoms with Crippen LogP contribution in [0.3, 0.4) is 0 Å². The van der Waals surface area contributed by atoms with Crippen molar-refractivity contribution < 1.29 is 8.78 Å². The van der Waals surface area contributed by atoms with E-state index < -0.39 is 0 Å². The number of hydrogen-bond donors (Lipinski definition) is 1. The fraction of sp³-hybridized carbons (Fsp3) is 0.647. The zero-order chi connectivity index (χ0) is 14.8. The summed E-state index contributed by atoms with van der Waals surface area (Å²) in [5.41, 5.74) is 0.855. The number of nitrogens with zero attached hydrogens (tertiary/aromatic N) is 1. The summed E-state index contributed by atoms with van der Waals surface area (Å²) < 4.78 is 29.0. The fourth-order valence-electron chi connectivity index (χ4n) is 3.90. The SMILES string of the molecule is Cc1ccc(F)c([C@@H](C2CCCC2)N2CCNCC2)c1F. The predicted molar refractivity (Wildman–Crippen MR) is 80.2 cm³/mol. The van der Waals surface area contributed by atoms with E-state index in [1.807, 2.05) is 0 Å². The van der Waals surface area contributed by atoms with Crippen LogP contribution in [0.2, 0.25) is 0 Å². The first kappa shape index (κ1) is 14.9. The van der Waals surface area contributed by atoms with E-state index in [-0.39, 0.29) is 17.7 Å². The van der Waals surface area contributed by atoms with Gasteiger partial charge in [0.25, 0.3) is 0 Å². The lowest BCUT2D eigenvalue weighted by Crippen LogP contribution is -2.47. The molecule has 2 nitrogen and oxygen atoms in total. The van der Waals surface area contributed by atoms with Crippen LogP contribution in [0, 0.1) is 24.5 Å². The van der Waals surface area contributed by atoms with Crippen molar-refractivity contribution in [3.63, 3.8) is 0 Å². The van der Waals surface area contributed by atoms with E-state index in [1.54, 1.807) is 6.92 Å². The van der Waals surface area contributed by atoms with Gasteiger partial charge in [-0.3, -0.25) is 4.90 Å². The van der Waals surface area contributed by atoms with Crippen molar-refractivity contribution in [2.45, 2.75) is 38.6 Å². The molecule has 0 bridgehead atoms. The average Bonchev–Trinajstić information content (AvgIpc) is 3.02. The summed E-state index contributed by atoms with van der Waals surface area (Å²) in [6, 6.07) is 2.87. The zero-order valence-corrected chi connectivity index (χ0v) is 12.7. The first-order valence-electron chi connectivity index (χ1n) is 8.07. The molecular formula is C17H24F2N2. The van der Waals surface area contributed by atoms with Crippen LogP contribution in [0.5, 0.6) is 0 Å². The highest BCUT2D eigenvalue weighted by molar-refractivity contribution is 5.30. The monoisotopic (exact) mass is 294 g/mol. The van der Waals surface area contributed by atoms with E-state index in [9.17, 15) is 8.78 Å². The average molecular weight is 294 g/mol. The van der Waals surface area contributed by atoms with Gasteiger partial charge in [-0.15, -0.1) is 0 Å². The molecule has 0 spiro atoms. The van der Waals surface area contributed by atoms with E-state index >= 15 is 0 Å². The van der Waals surface area contributed by atoms with Gasteiger partial charge in [0.15, 0.2) is 0 Å². The summed E-state index contributed by atoms with van der Waals surface area (Å²) in [5.74, 6) is -0.340. The zero-order valence-electron chi connectivity index (χ0n) is 12.7. The number of hydrogen-bond acceptors (Lipinski definition) is 2. The number of piperazine rings is 1. The lowest BCUT2D eigenvalue weighted by Gasteiger charge is -2.39. The second kappa shape index (κ2) is 6.41.